The molecule has 1 N–H and O–H groups in total. The monoisotopic (exact) mass is 192 g/mol. The summed E-state index contributed by atoms with van der Waals surface area (Å²) >= 11 is 0. The number of rotatable bonds is 2. The lowest BCUT2D eigenvalue weighted by atomic mass is 9.92. The van der Waals surface area contributed by atoms with Gasteiger partial charge in [0.25, 0.3) is 0 Å². The maximum atomic E-state index is 3.37. The number of aromatic amines is 1. The molecule has 0 spiro atoms. The fourth-order valence-electron chi connectivity index (χ4n) is 2.79. The van der Waals surface area contributed by atoms with Gasteiger partial charge in [0, 0.05) is 30.4 Å². The molecule has 0 bridgehead atoms. The summed E-state index contributed by atoms with van der Waals surface area (Å²) in [7, 11) is 0. The fraction of sp³-hybridized carbons (Fsp3) is 0.667. The van der Waals surface area contributed by atoms with Gasteiger partial charge in [-0.05, 0) is 31.5 Å². The Morgan fingerprint density at radius 3 is 2.93 bits per heavy atom. The number of fused-ring (bicyclic) bond motifs is 1. The standard InChI is InChI=1S/C12H20N2/c1-4-12-10-6-7-13-11(10)8-9(3)14(12)5-2/h6-7,9,12-13H,4-5,8H2,1-3H3/t9-,12-/m0/s1. The van der Waals surface area contributed by atoms with E-state index in [2.05, 4.69) is 42.9 Å². The third-order valence-corrected chi connectivity index (χ3v) is 3.45. The molecule has 0 radical (unpaired) electrons. The molecule has 0 unspecified atom stereocenters. The zero-order valence-electron chi connectivity index (χ0n) is 9.38. The highest BCUT2D eigenvalue weighted by Gasteiger charge is 2.30. The second kappa shape index (κ2) is 3.77. The Hall–Kier alpha value is -0.760. The molecule has 0 saturated heterocycles. The number of nitrogens with one attached hydrogen (secondary N) is 1. The van der Waals surface area contributed by atoms with Crippen LogP contribution in [0.5, 0.6) is 0 Å². The molecule has 14 heavy (non-hydrogen) atoms. The Morgan fingerprint density at radius 2 is 2.29 bits per heavy atom. The SMILES string of the molecule is CC[C@H]1c2cc[nH]c2C[C@H](C)N1CC. The third kappa shape index (κ3) is 1.38. The fourth-order valence-corrected chi connectivity index (χ4v) is 2.79. The van der Waals surface area contributed by atoms with E-state index >= 15 is 0 Å². The van der Waals surface area contributed by atoms with Gasteiger partial charge in [-0.25, -0.2) is 0 Å². The summed E-state index contributed by atoms with van der Waals surface area (Å²) in [6, 6.07) is 3.55. The van der Waals surface area contributed by atoms with Crippen molar-refractivity contribution in [1.82, 2.24) is 9.88 Å². The van der Waals surface area contributed by atoms with E-state index in [1.165, 1.54) is 24.1 Å². The van der Waals surface area contributed by atoms with Crippen molar-refractivity contribution in [3.05, 3.63) is 23.5 Å². The normalized spacial score (nSPS) is 27.6. The summed E-state index contributed by atoms with van der Waals surface area (Å²) in [4.78, 5) is 5.98. The van der Waals surface area contributed by atoms with Crippen LogP contribution in [0, 0.1) is 0 Å². The van der Waals surface area contributed by atoms with E-state index in [0.29, 0.717) is 12.1 Å². The number of likely N-dealkylation sites (N-methyl/N-ethyl adjacent to an activating group) is 1. The highest BCUT2D eigenvalue weighted by Crippen LogP contribution is 2.34. The van der Waals surface area contributed by atoms with Crippen LogP contribution in [-0.2, 0) is 6.42 Å². The van der Waals surface area contributed by atoms with E-state index in [1.807, 2.05) is 0 Å². The van der Waals surface area contributed by atoms with Crippen LogP contribution in [0.15, 0.2) is 12.3 Å². The molecule has 0 saturated carbocycles. The molecule has 0 amide bonds. The van der Waals surface area contributed by atoms with E-state index in [1.54, 1.807) is 0 Å². The lowest BCUT2D eigenvalue weighted by Crippen LogP contribution is -2.41. The van der Waals surface area contributed by atoms with Crippen molar-refractivity contribution in [2.45, 2.75) is 45.7 Å². The van der Waals surface area contributed by atoms with Gasteiger partial charge in [0.2, 0.25) is 0 Å². The smallest absolute Gasteiger partial charge is 0.0366 e. The average molecular weight is 192 g/mol. The number of H-pyrrole nitrogens is 1. The topological polar surface area (TPSA) is 19.0 Å². The second-order valence-corrected chi connectivity index (χ2v) is 4.22. The first-order chi connectivity index (χ1) is 6.77. The van der Waals surface area contributed by atoms with Crippen LogP contribution in [0.2, 0.25) is 0 Å². The van der Waals surface area contributed by atoms with Crippen LogP contribution in [-0.4, -0.2) is 22.5 Å². The molecule has 2 heteroatoms. The molecule has 1 aromatic rings. The third-order valence-electron chi connectivity index (χ3n) is 3.45. The van der Waals surface area contributed by atoms with Gasteiger partial charge in [-0.3, -0.25) is 4.90 Å². The van der Waals surface area contributed by atoms with E-state index < -0.39 is 0 Å². The zero-order valence-corrected chi connectivity index (χ0v) is 9.38. The Balaban J connectivity index is 2.35. The summed E-state index contributed by atoms with van der Waals surface area (Å²) in [5, 5.41) is 0. The van der Waals surface area contributed by atoms with Crippen LogP contribution < -0.4 is 0 Å². The maximum absolute atomic E-state index is 3.37. The Labute approximate surface area is 86.3 Å². The van der Waals surface area contributed by atoms with E-state index in [9.17, 15) is 0 Å². The first kappa shape index (κ1) is 9.78. The Kier molecular flexibility index (Phi) is 2.64. The minimum Gasteiger partial charge on any atom is -0.365 e. The Bertz CT molecular complexity index is 303. The van der Waals surface area contributed by atoms with Crippen molar-refractivity contribution >= 4 is 0 Å². The molecular weight excluding hydrogens is 172 g/mol. The lowest BCUT2D eigenvalue weighted by Gasteiger charge is -2.39. The first-order valence-corrected chi connectivity index (χ1v) is 5.69. The largest absolute Gasteiger partial charge is 0.365 e. The van der Waals surface area contributed by atoms with Crippen molar-refractivity contribution < 1.29 is 0 Å². The quantitative estimate of drug-likeness (QED) is 0.763. The Morgan fingerprint density at radius 1 is 1.50 bits per heavy atom. The minimum absolute atomic E-state index is 0.630. The zero-order chi connectivity index (χ0) is 10.1. The number of aromatic nitrogens is 1. The summed E-state index contributed by atoms with van der Waals surface area (Å²) in [6.45, 7) is 8.03. The van der Waals surface area contributed by atoms with Crippen molar-refractivity contribution in [3.63, 3.8) is 0 Å². The van der Waals surface area contributed by atoms with Gasteiger partial charge in [0.05, 0.1) is 0 Å². The van der Waals surface area contributed by atoms with Crippen LogP contribution in [0.1, 0.15) is 44.5 Å². The molecule has 2 nitrogen and oxygen atoms in total. The van der Waals surface area contributed by atoms with Crippen molar-refractivity contribution in [3.8, 4) is 0 Å². The highest BCUT2D eigenvalue weighted by atomic mass is 15.2. The minimum atomic E-state index is 0.630. The first-order valence-electron chi connectivity index (χ1n) is 5.69. The van der Waals surface area contributed by atoms with Gasteiger partial charge in [0.15, 0.2) is 0 Å². The van der Waals surface area contributed by atoms with Gasteiger partial charge < -0.3 is 4.98 Å². The lowest BCUT2D eigenvalue weighted by molar-refractivity contribution is 0.131. The summed E-state index contributed by atoms with van der Waals surface area (Å²) in [6.07, 6.45) is 4.47. The molecular formula is C12H20N2. The second-order valence-electron chi connectivity index (χ2n) is 4.22. The predicted octanol–water partition coefficient (Wildman–Crippen LogP) is 2.73. The van der Waals surface area contributed by atoms with Crippen molar-refractivity contribution in [1.29, 1.82) is 0 Å². The summed E-state index contributed by atoms with van der Waals surface area (Å²) in [5.41, 5.74) is 2.97. The molecule has 78 valence electrons. The highest BCUT2D eigenvalue weighted by molar-refractivity contribution is 5.28. The van der Waals surface area contributed by atoms with Crippen LogP contribution in [0.4, 0.5) is 0 Å². The molecule has 1 aliphatic heterocycles. The van der Waals surface area contributed by atoms with Crippen molar-refractivity contribution in [2.24, 2.45) is 0 Å². The molecule has 2 heterocycles. The molecule has 1 aromatic heterocycles. The van der Waals surface area contributed by atoms with E-state index in [4.69, 9.17) is 0 Å². The maximum Gasteiger partial charge on any atom is 0.0366 e. The average Bonchev–Trinajstić information content (AvgIpc) is 2.62. The molecule has 0 aromatic carbocycles. The molecule has 0 aliphatic carbocycles. The van der Waals surface area contributed by atoms with Crippen LogP contribution in [0.3, 0.4) is 0 Å². The van der Waals surface area contributed by atoms with E-state index in [-0.39, 0.29) is 0 Å². The van der Waals surface area contributed by atoms with Gasteiger partial charge in [-0.1, -0.05) is 13.8 Å². The predicted molar refractivity (Wildman–Crippen MR) is 59.4 cm³/mol. The molecule has 2 atom stereocenters. The van der Waals surface area contributed by atoms with Gasteiger partial charge in [-0.2, -0.15) is 0 Å². The summed E-state index contributed by atoms with van der Waals surface area (Å²) < 4.78 is 0. The van der Waals surface area contributed by atoms with Crippen LogP contribution in [0.25, 0.3) is 0 Å². The number of nitrogens with zero attached hydrogens (tertiary/aromatic N) is 1. The van der Waals surface area contributed by atoms with E-state index in [0.717, 1.165) is 6.54 Å². The number of hydrogen-bond acceptors (Lipinski definition) is 1. The van der Waals surface area contributed by atoms with Crippen molar-refractivity contribution in [2.75, 3.05) is 6.54 Å². The number of hydrogen-bond donors (Lipinski definition) is 1. The summed E-state index contributed by atoms with van der Waals surface area (Å²) in [5.74, 6) is 0. The molecule has 0 fully saturated rings. The van der Waals surface area contributed by atoms with Gasteiger partial charge >= 0.3 is 0 Å². The molecule has 2 rings (SSSR count). The van der Waals surface area contributed by atoms with Crippen LogP contribution >= 0.6 is 0 Å². The molecule has 1 aliphatic rings. The van der Waals surface area contributed by atoms with Gasteiger partial charge in [-0.15, -0.1) is 0 Å². The van der Waals surface area contributed by atoms with Gasteiger partial charge in [0.1, 0.15) is 0 Å².